The number of aromatic nitrogens is 1. The van der Waals surface area contributed by atoms with Crippen molar-refractivity contribution in [2.45, 2.75) is 18.2 Å². The van der Waals surface area contributed by atoms with E-state index in [9.17, 15) is 8.42 Å². The molecule has 1 heterocycles. The van der Waals surface area contributed by atoms with Gasteiger partial charge in [-0.1, -0.05) is 37.3 Å². The van der Waals surface area contributed by atoms with Crippen molar-refractivity contribution in [3.8, 4) is 0 Å². The van der Waals surface area contributed by atoms with E-state index in [1.165, 1.54) is 6.20 Å². The molecule has 0 spiro atoms. The van der Waals surface area contributed by atoms with Gasteiger partial charge < -0.3 is 4.90 Å². The molecule has 134 valence electrons. The van der Waals surface area contributed by atoms with Crippen LogP contribution in [0, 0.1) is 0 Å². The third-order valence-electron chi connectivity index (χ3n) is 4.13. The lowest BCUT2D eigenvalue weighted by Gasteiger charge is -2.18. The van der Waals surface area contributed by atoms with Gasteiger partial charge in [-0.15, -0.1) is 0 Å². The molecule has 0 aliphatic rings. The molecule has 0 unspecified atom stereocenters. The SMILES string of the molecule is CCc1ccc(S(=O)(=O)Nc2ccc(N(C)c3ccccc3)nc2)cc1. The van der Waals surface area contributed by atoms with Crippen LogP contribution in [0.4, 0.5) is 17.2 Å². The molecule has 0 aliphatic heterocycles. The monoisotopic (exact) mass is 367 g/mol. The van der Waals surface area contributed by atoms with E-state index in [2.05, 4.69) is 9.71 Å². The first-order chi connectivity index (χ1) is 12.5. The standard InChI is InChI=1S/C20H21N3O2S/c1-3-16-9-12-19(13-10-16)26(24,25)22-17-11-14-20(21-15-17)23(2)18-7-5-4-6-8-18/h4-15,22H,3H2,1-2H3. The van der Waals surface area contributed by atoms with E-state index in [1.54, 1.807) is 24.3 Å². The van der Waals surface area contributed by atoms with Gasteiger partial charge in [-0.05, 0) is 48.4 Å². The fourth-order valence-electron chi connectivity index (χ4n) is 2.55. The number of sulfonamides is 1. The van der Waals surface area contributed by atoms with Gasteiger partial charge in [0.15, 0.2) is 0 Å². The maximum atomic E-state index is 12.5. The molecule has 1 aromatic heterocycles. The summed E-state index contributed by atoms with van der Waals surface area (Å²) in [7, 11) is -1.71. The summed E-state index contributed by atoms with van der Waals surface area (Å²) in [6.45, 7) is 2.03. The van der Waals surface area contributed by atoms with Crippen LogP contribution in [0.2, 0.25) is 0 Å². The molecule has 3 rings (SSSR count). The number of hydrogen-bond donors (Lipinski definition) is 1. The average Bonchev–Trinajstić information content (AvgIpc) is 2.68. The quantitative estimate of drug-likeness (QED) is 0.709. The Morgan fingerprint density at radius 1 is 0.962 bits per heavy atom. The Morgan fingerprint density at radius 2 is 1.65 bits per heavy atom. The molecule has 0 radical (unpaired) electrons. The number of hydrogen-bond acceptors (Lipinski definition) is 4. The second kappa shape index (κ2) is 7.58. The van der Waals surface area contributed by atoms with Crippen molar-refractivity contribution < 1.29 is 8.42 Å². The number of aryl methyl sites for hydroxylation is 1. The maximum Gasteiger partial charge on any atom is 0.261 e. The van der Waals surface area contributed by atoms with E-state index in [1.807, 2.05) is 61.3 Å². The summed E-state index contributed by atoms with van der Waals surface area (Å²) in [6, 6.07) is 20.2. The van der Waals surface area contributed by atoms with Gasteiger partial charge in [0, 0.05) is 12.7 Å². The van der Waals surface area contributed by atoms with Crippen molar-refractivity contribution in [3.05, 3.63) is 78.5 Å². The molecule has 5 nitrogen and oxygen atoms in total. The smallest absolute Gasteiger partial charge is 0.261 e. The Morgan fingerprint density at radius 3 is 2.23 bits per heavy atom. The van der Waals surface area contributed by atoms with Crippen LogP contribution in [0.3, 0.4) is 0 Å². The molecule has 0 bridgehead atoms. The van der Waals surface area contributed by atoms with Crippen LogP contribution >= 0.6 is 0 Å². The van der Waals surface area contributed by atoms with Crippen molar-refractivity contribution in [3.63, 3.8) is 0 Å². The number of pyridine rings is 1. The van der Waals surface area contributed by atoms with Gasteiger partial charge in [-0.3, -0.25) is 4.72 Å². The Balaban J connectivity index is 1.76. The van der Waals surface area contributed by atoms with E-state index >= 15 is 0 Å². The van der Waals surface area contributed by atoms with Crippen molar-refractivity contribution in [1.82, 2.24) is 4.98 Å². The molecule has 6 heteroatoms. The van der Waals surface area contributed by atoms with Gasteiger partial charge in [0.05, 0.1) is 16.8 Å². The lowest BCUT2D eigenvalue weighted by atomic mass is 10.2. The minimum absolute atomic E-state index is 0.236. The van der Waals surface area contributed by atoms with E-state index in [0.29, 0.717) is 5.69 Å². The topological polar surface area (TPSA) is 62.3 Å². The third kappa shape index (κ3) is 4.03. The Labute approximate surface area is 154 Å². The molecular formula is C20H21N3O2S. The van der Waals surface area contributed by atoms with Crippen LogP contribution in [0.5, 0.6) is 0 Å². The first-order valence-corrected chi connectivity index (χ1v) is 9.84. The molecule has 0 amide bonds. The first kappa shape index (κ1) is 17.9. The molecule has 1 N–H and O–H groups in total. The van der Waals surface area contributed by atoms with Crippen molar-refractivity contribution in [2.75, 3.05) is 16.7 Å². The minimum Gasteiger partial charge on any atom is -0.329 e. The summed E-state index contributed by atoms with van der Waals surface area (Å²) in [5.74, 6) is 0.728. The van der Waals surface area contributed by atoms with Gasteiger partial charge in [0.1, 0.15) is 5.82 Å². The van der Waals surface area contributed by atoms with E-state index in [0.717, 1.165) is 23.5 Å². The molecule has 0 saturated heterocycles. The molecule has 0 atom stereocenters. The molecule has 3 aromatic rings. The van der Waals surface area contributed by atoms with Crippen LogP contribution in [-0.4, -0.2) is 20.4 Å². The molecular weight excluding hydrogens is 346 g/mol. The highest BCUT2D eigenvalue weighted by Gasteiger charge is 2.14. The van der Waals surface area contributed by atoms with Crippen molar-refractivity contribution in [1.29, 1.82) is 0 Å². The number of para-hydroxylation sites is 1. The second-order valence-corrected chi connectivity index (χ2v) is 7.59. The zero-order valence-corrected chi connectivity index (χ0v) is 15.6. The number of nitrogens with one attached hydrogen (secondary N) is 1. The highest BCUT2D eigenvalue weighted by atomic mass is 32.2. The van der Waals surface area contributed by atoms with Gasteiger partial charge in [-0.25, -0.2) is 13.4 Å². The van der Waals surface area contributed by atoms with Gasteiger partial charge in [-0.2, -0.15) is 0 Å². The van der Waals surface area contributed by atoms with E-state index < -0.39 is 10.0 Å². The third-order valence-corrected chi connectivity index (χ3v) is 5.53. The van der Waals surface area contributed by atoms with Crippen LogP contribution < -0.4 is 9.62 Å². The van der Waals surface area contributed by atoms with Crippen LogP contribution in [0.15, 0.2) is 77.8 Å². The van der Waals surface area contributed by atoms with Gasteiger partial charge in [0.25, 0.3) is 10.0 Å². The predicted molar refractivity (Wildman–Crippen MR) is 105 cm³/mol. The number of benzene rings is 2. The summed E-state index contributed by atoms with van der Waals surface area (Å²) in [4.78, 5) is 6.53. The Kier molecular flexibility index (Phi) is 5.23. The first-order valence-electron chi connectivity index (χ1n) is 8.36. The number of rotatable bonds is 6. The van der Waals surface area contributed by atoms with Crippen molar-refractivity contribution >= 4 is 27.2 Å². The van der Waals surface area contributed by atoms with Crippen LogP contribution in [-0.2, 0) is 16.4 Å². The Bertz CT molecular complexity index is 954. The molecule has 0 aliphatic carbocycles. The molecule has 0 saturated carbocycles. The fourth-order valence-corrected chi connectivity index (χ4v) is 3.59. The maximum absolute atomic E-state index is 12.5. The average molecular weight is 367 g/mol. The van der Waals surface area contributed by atoms with Gasteiger partial charge in [0.2, 0.25) is 0 Å². The number of anilines is 3. The lowest BCUT2D eigenvalue weighted by Crippen LogP contribution is -2.14. The lowest BCUT2D eigenvalue weighted by molar-refractivity contribution is 0.601. The predicted octanol–water partition coefficient (Wildman–Crippen LogP) is 4.21. The summed E-state index contributed by atoms with van der Waals surface area (Å²) in [5.41, 5.74) is 2.53. The molecule has 26 heavy (non-hydrogen) atoms. The highest BCUT2D eigenvalue weighted by Crippen LogP contribution is 2.23. The largest absolute Gasteiger partial charge is 0.329 e. The van der Waals surface area contributed by atoms with Gasteiger partial charge >= 0.3 is 0 Å². The minimum atomic E-state index is -3.63. The normalized spacial score (nSPS) is 11.2. The molecule has 2 aromatic carbocycles. The van der Waals surface area contributed by atoms with Crippen LogP contribution in [0.25, 0.3) is 0 Å². The zero-order valence-electron chi connectivity index (χ0n) is 14.8. The summed E-state index contributed by atoms with van der Waals surface area (Å²) < 4.78 is 27.6. The van der Waals surface area contributed by atoms with Crippen LogP contribution in [0.1, 0.15) is 12.5 Å². The fraction of sp³-hybridized carbons (Fsp3) is 0.150. The second-order valence-electron chi connectivity index (χ2n) is 5.90. The van der Waals surface area contributed by atoms with E-state index in [-0.39, 0.29) is 4.90 Å². The Hall–Kier alpha value is -2.86. The van der Waals surface area contributed by atoms with E-state index in [4.69, 9.17) is 0 Å². The summed E-state index contributed by atoms with van der Waals surface area (Å²) in [5, 5.41) is 0. The highest BCUT2D eigenvalue weighted by molar-refractivity contribution is 7.92. The van der Waals surface area contributed by atoms with Crippen molar-refractivity contribution in [2.24, 2.45) is 0 Å². The molecule has 0 fully saturated rings. The summed E-state index contributed by atoms with van der Waals surface area (Å²) >= 11 is 0. The zero-order chi connectivity index (χ0) is 18.6. The number of nitrogens with zero attached hydrogens (tertiary/aromatic N) is 2. The summed E-state index contributed by atoms with van der Waals surface area (Å²) in [6.07, 6.45) is 2.39.